The molecule has 0 bridgehead atoms. The van der Waals surface area contributed by atoms with Crippen LogP contribution in [0.15, 0.2) is 30.3 Å². The summed E-state index contributed by atoms with van der Waals surface area (Å²) < 4.78 is 15.1. The topological polar surface area (TPSA) is 34.3 Å². The van der Waals surface area contributed by atoms with Crippen molar-refractivity contribution in [1.82, 2.24) is 0 Å². The van der Waals surface area contributed by atoms with Crippen molar-refractivity contribution in [2.24, 2.45) is 0 Å². The van der Waals surface area contributed by atoms with E-state index in [1.807, 2.05) is 0 Å². The van der Waals surface area contributed by atoms with Crippen LogP contribution in [0.2, 0.25) is 0 Å². The van der Waals surface area contributed by atoms with Crippen LogP contribution >= 0.6 is 0 Å². The Morgan fingerprint density at radius 2 is 1.57 bits per heavy atom. The fourth-order valence-corrected chi connectivity index (χ4v) is 2.06. The van der Waals surface area contributed by atoms with Gasteiger partial charge in [-0.2, -0.15) is 0 Å². The summed E-state index contributed by atoms with van der Waals surface area (Å²) in [6.45, 7) is 5.51. The van der Waals surface area contributed by atoms with E-state index in [1.54, 1.807) is 0 Å². The number of epoxide rings is 2. The summed E-state index contributed by atoms with van der Waals surface area (Å²) in [5.41, 5.74) is 1.48. The van der Waals surface area contributed by atoms with E-state index in [9.17, 15) is 0 Å². The zero-order valence-electron chi connectivity index (χ0n) is 13.1. The first-order chi connectivity index (χ1) is 10.4. The molecule has 0 aromatic heterocycles. The molecule has 2 saturated heterocycles. The number of benzene rings is 1. The average Bonchev–Trinajstić information content (AvgIpc) is 3.40. The van der Waals surface area contributed by atoms with Crippen LogP contribution in [0.5, 0.6) is 0 Å². The van der Waals surface area contributed by atoms with Crippen molar-refractivity contribution in [3.05, 3.63) is 35.9 Å². The second-order valence-corrected chi connectivity index (χ2v) is 5.74. The van der Waals surface area contributed by atoms with Gasteiger partial charge in [0, 0.05) is 0 Å². The summed E-state index contributed by atoms with van der Waals surface area (Å²) in [6.07, 6.45) is 7.47. The fourth-order valence-electron chi connectivity index (χ4n) is 2.06. The maximum Gasteiger partial charge on any atom is 0.104 e. The summed E-state index contributed by atoms with van der Waals surface area (Å²) in [7, 11) is 0. The summed E-state index contributed by atoms with van der Waals surface area (Å²) >= 11 is 0. The van der Waals surface area contributed by atoms with Crippen LogP contribution in [-0.4, -0.2) is 38.6 Å². The number of rotatable bonds is 9. The molecule has 0 saturated carbocycles. The highest BCUT2D eigenvalue weighted by atomic mass is 16.6. The smallest absolute Gasteiger partial charge is 0.104 e. The van der Waals surface area contributed by atoms with E-state index in [4.69, 9.17) is 14.2 Å². The molecule has 0 radical (unpaired) electrons. The first kappa shape index (κ1) is 16.5. The van der Waals surface area contributed by atoms with Crippen molar-refractivity contribution in [3.8, 4) is 0 Å². The first-order valence-electron chi connectivity index (χ1n) is 8.23. The minimum absolute atomic E-state index is 0.392. The van der Waals surface area contributed by atoms with Crippen molar-refractivity contribution < 1.29 is 14.2 Å². The average molecular weight is 292 g/mol. The van der Waals surface area contributed by atoms with Crippen molar-refractivity contribution >= 4 is 0 Å². The van der Waals surface area contributed by atoms with Crippen LogP contribution in [0, 0.1) is 0 Å². The van der Waals surface area contributed by atoms with E-state index in [1.165, 1.54) is 37.7 Å². The number of ether oxygens (including phenoxy) is 3. The van der Waals surface area contributed by atoms with Crippen molar-refractivity contribution in [2.75, 3.05) is 26.4 Å². The Balaban J connectivity index is 0.000000159. The van der Waals surface area contributed by atoms with E-state index < -0.39 is 0 Å². The highest BCUT2D eigenvalue weighted by Crippen LogP contribution is 2.12. The highest BCUT2D eigenvalue weighted by Gasteiger charge is 2.26. The van der Waals surface area contributed by atoms with Crippen LogP contribution in [0.25, 0.3) is 0 Å². The number of aryl methyl sites for hydroxylation is 1. The Kier molecular flexibility index (Phi) is 7.79. The van der Waals surface area contributed by atoms with Crippen LogP contribution in [0.4, 0.5) is 0 Å². The second kappa shape index (κ2) is 9.93. The van der Waals surface area contributed by atoms with Crippen LogP contribution < -0.4 is 0 Å². The maximum atomic E-state index is 5.23. The van der Waals surface area contributed by atoms with Crippen LogP contribution in [0.1, 0.15) is 38.2 Å². The summed E-state index contributed by atoms with van der Waals surface area (Å²) in [6, 6.07) is 10.7. The summed E-state index contributed by atoms with van der Waals surface area (Å²) in [5.74, 6) is 0. The largest absolute Gasteiger partial charge is 0.376 e. The maximum absolute atomic E-state index is 5.23. The Morgan fingerprint density at radius 1 is 0.952 bits per heavy atom. The van der Waals surface area contributed by atoms with Crippen molar-refractivity contribution in [1.29, 1.82) is 0 Å². The number of hydrogen-bond donors (Lipinski definition) is 0. The molecular weight excluding hydrogens is 264 g/mol. The molecule has 0 spiro atoms. The normalized spacial score (nSPS) is 22.3. The minimum atomic E-state index is 0.392. The second-order valence-electron chi connectivity index (χ2n) is 5.74. The first-order valence-corrected chi connectivity index (χ1v) is 8.23. The van der Waals surface area contributed by atoms with E-state index in [2.05, 4.69) is 37.3 Å². The molecule has 0 aliphatic carbocycles. The monoisotopic (exact) mass is 292 g/mol. The van der Waals surface area contributed by atoms with E-state index in [0.29, 0.717) is 12.2 Å². The van der Waals surface area contributed by atoms with Gasteiger partial charge in [-0.25, -0.2) is 0 Å². The molecular formula is C18H28O3. The SMILES string of the molecule is C(OCC1CO1)C1CO1.CCCCCCc1ccccc1. The third kappa shape index (κ3) is 8.86. The van der Waals surface area contributed by atoms with Gasteiger partial charge in [-0.05, 0) is 18.4 Å². The van der Waals surface area contributed by atoms with E-state index in [-0.39, 0.29) is 0 Å². The predicted octanol–water partition coefficient (Wildman–Crippen LogP) is 3.61. The van der Waals surface area contributed by atoms with E-state index >= 15 is 0 Å². The lowest BCUT2D eigenvalue weighted by atomic mass is 10.1. The van der Waals surface area contributed by atoms with Gasteiger partial charge in [0.15, 0.2) is 0 Å². The molecule has 2 fully saturated rings. The van der Waals surface area contributed by atoms with Gasteiger partial charge in [0.25, 0.3) is 0 Å². The van der Waals surface area contributed by atoms with Crippen LogP contribution in [0.3, 0.4) is 0 Å². The Bertz CT molecular complexity index is 346. The van der Waals surface area contributed by atoms with Crippen molar-refractivity contribution in [2.45, 2.75) is 51.2 Å². The third-order valence-electron chi connectivity index (χ3n) is 3.57. The Morgan fingerprint density at radius 3 is 2.10 bits per heavy atom. The quantitative estimate of drug-likeness (QED) is 0.515. The van der Waals surface area contributed by atoms with Gasteiger partial charge in [-0.3, -0.25) is 0 Å². The molecule has 2 unspecified atom stereocenters. The zero-order chi connectivity index (χ0) is 14.8. The third-order valence-corrected chi connectivity index (χ3v) is 3.57. The highest BCUT2D eigenvalue weighted by molar-refractivity contribution is 5.14. The number of hydrogen-bond acceptors (Lipinski definition) is 3. The molecule has 3 rings (SSSR count). The molecule has 21 heavy (non-hydrogen) atoms. The number of unbranched alkanes of at least 4 members (excludes halogenated alkanes) is 3. The van der Waals surface area contributed by atoms with Gasteiger partial charge in [0.1, 0.15) is 12.2 Å². The molecule has 2 heterocycles. The van der Waals surface area contributed by atoms with Gasteiger partial charge in [0.05, 0.1) is 26.4 Å². The van der Waals surface area contributed by atoms with Gasteiger partial charge < -0.3 is 14.2 Å². The van der Waals surface area contributed by atoms with Gasteiger partial charge in [-0.15, -0.1) is 0 Å². The van der Waals surface area contributed by atoms with E-state index in [0.717, 1.165) is 26.4 Å². The molecule has 3 nitrogen and oxygen atoms in total. The fraction of sp³-hybridized carbons (Fsp3) is 0.667. The molecule has 0 amide bonds. The summed E-state index contributed by atoms with van der Waals surface area (Å²) in [4.78, 5) is 0. The molecule has 0 N–H and O–H groups in total. The Labute approximate surface area is 128 Å². The standard InChI is InChI=1S/C12H18.C6H10O3/c1-2-3-4-6-9-12-10-7-5-8-11-12;1(5-3-8-5)7-2-6-4-9-6/h5,7-8,10-11H,2-4,6,9H2,1H3;5-6H,1-4H2. The Hall–Kier alpha value is -0.900. The lowest BCUT2D eigenvalue weighted by molar-refractivity contribution is 0.102. The lowest BCUT2D eigenvalue weighted by Crippen LogP contribution is -2.06. The van der Waals surface area contributed by atoms with Gasteiger partial charge in [0.2, 0.25) is 0 Å². The van der Waals surface area contributed by atoms with Gasteiger partial charge in [-0.1, -0.05) is 56.5 Å². The molecule has 118 valence electrons. The molecule has 2 aliphatic heterocycles. The molecule has 3 heteroatoms. The molecule has 2 aliphatic rings. The zero-order valence-corrected chi connectivity index (χ0v) is 13.1. The summed E-state index contributed by atoms with van der Waals surface area (Å²) in [5, 5.41) is 0. The minimum Gasteiger partial charge on any atom is -0.376 e. The lowest BCUT2D eigenvalue weighted by Gasteiger charge is -1.99. The van der Waals surface area contributed by atoms with Crippen LogP contribution in [-0.2, 0) is 20.6 Å². The molecule has 1 aromatic carbocycles. The molecule has 1 aromatic rings. The van der Waals surface area contributed by atoms with Gasteiger partial charge >= 0.3 is 0 Å². The molecule has 2 atom stereocenters. The van der Waals surface area contributed by atoms with Crippen molar-refractivity contribution in [3.63, 3.8) is 0 Å². The predicted molar refractivity (Wildman–Crippen MR) is 84.6 cm³/mol.